The smallest absolute Gasteiger partial charge is 0.142 e. The summed E-state index contributed by atoms with van der Waals surface area (Å²) < 4.78 is 10.7. The molecule has 3 N–H and O–H groups in total. The van der Waals surface area contributed by atoms with Crippen molar-refractivity contribution in [3.05, 3.63) is 24.3 Å². The van der Waals surface area contributed by atoms with Crippen molar-refractivity contribution in [1.29, 1.82) is 0 Å². The highest BCUT2D eigenvalue weighted by Gasteiger charge is 2.09. The van der Waals surface area contributed by atoms with Crippen molar-refractivity contribution in [2.24, 2.45) is 0 Å². The molecule has 1 aromatic rings. The fourth-order valence-electron chi connectivity index (χ4n) is 1.49. The lowest BCUT2D eigenvalue weighted by Crippen LogP contribution is -2.24. The fourth-order valence-corrected chi connectivity index (χ4v) is 1.49. The van der Waals surface area contributed by atoms with Crippen LogP contribution < -0.4 is 10.1 Å². The van der Waals surface area contributed by atoms with Crippen LogP contribution in [0.5, 0.6) is 5.75 Å². The largest absolute Gasteiger partial charge is 0.486 e. The molecule has 0 saturated carbocycles. The summed E-state index contributed by atoms with van der Waals surface area (Å²) in [5.74, 6) is 0.701. The lowest BCUT2D eigenvalue weighted by atomic mass is 10.2. The average molecular weight is 255 g/mol. The van der Waals surface area contributed by atoms with Crippen molar-refractivity contribution in [3.8, 4) is 5.75 Å². The number of anilines is 1. The summed E-state index contributed by atoms with van der Waals surface area (Å²) in [6.07, 6.45) is -0.838. The van der Waals surface area contributed by atoms with Crippen LogP contribution in [0.1, 0.15) is 6.92 Å². The molecule has 0 radical (unpaired) electrons. The second-order valence-electron chi connectivity index (χ2n) is 4.10. The molecule has 5 heteroatoms. The molecular weight excluding hydrogens is 234 g/mol. The van der Waals surface area contributed by atoms with E-state index in [9.17, 15) is 5.11 Å². The minimum absolute atomic E-state index is 0.0549. The molecule has 0 bridgehead atoms. The highest BCUT2D eigenvalue weighted by atomic mass is 16.5. The zero-order valence-corrected chi connectivity index (χ0v) is 10.8. The fraction of sp³-hybridized carbons (Fsp3) is 0.538. The van der Waals surface area contributed by atoms with Crippen molar-refractivity contribution in [2.45, 2.75) is 19.1 Å². The first-order chi connectivity index (χ1) is 8.67. The molecule has 1 aromatic carbocycles. The van der Waals surface area contributed by atoms with Gasteiger partial charge in [-0.15, -0.1) is 0 Å². The molecule has 102 valence electrons. The Kier molecular flexibility index (Phi) is 6.49. The summed E-state index contributed by atoms with van der Waals surface area (Å²) >= 11 is 0. The molecule has 0 saturated heterocycles. The number of aliphatic hydroxyl groups excluding tert-OH is 2. The quantitative estimate of drug-likeness (QED) is 0.643. The summed E-state index contributed by atoms with van der Waals surface area (Å²) in [6.45, 7) is 2.43. The van der Waals surface area contributed by atoms with E-state index >= 15 is 0 Å². The molecule has 0 heterocycles. The first kappa shape index (κ1) is 14.8. The predicted octanol–water partition coefficient (Wildman–Crippen LogP) is 0.865. The Morgan fingerprint density at radius 3 is 2.72 bits per heavy atom. The molecule has 0 spiro atoms. The number of methoxy groups -OCH3 is 1. The second-order valence-corrected chi connectivity index (χ2v) is 4.10. The van der Waals surface area contributed by atoms with E-state index in [0.717, 1.165) is 5.69 Å². The predicted molar refractivity (Wildman–Crippen MR) is 70.0 cm³/mol. The van der Waals surface area contributed by atoms with Crippen LogP contribution in [0.2, 0.25) is 0 Å². The summed E-state index contributed by atoms with van der Waals surface area (Å²) in [4.78, 5) is 0. The Morgan fingerprint density at radius 1 is 1.33 bits per heavy atom. The number of para-hydroxylation sites is 2. The van der Waals surface area contributed by atoms with E-state index in [-0.39, 0.29) is 19.3 Å². The van der Waals surface area contributed by atoms with Crippen LogP contribution in [0.25, 0.3) is 0 Å². The standard InChI is InChI=1S/C13H21NO4/c1-10(9-17-2)18-13-6-4-3-5-12(13)14-7-11(16)8-15/h3-6,10-11,14-16H,7-9H2,1-2H3. The highest BCUT2D eigenvalue weighted by Crippen LogP contribution is 2.24. The molecule has 0 aliphatic carbocycles. The molecule has 2 atom stereocenters. The molecule has 0 fully saturated rings. The van der Waals surface area contributed by atoms with Gasteiger partial charge >= 0.3 is 0 Å². The Balaban J connectivity index is 2.61. The number of nitrogens with one attached hydrogen (secondary N) is 1. The minimum Gasteiger partial charge on any atom is -0.486 e. The van der Waals surface area contributed by atoms with Gasteiger partial charge in [0.1, 0.15) is 11.9 Å². The lowest BCUT2D eigenvalue weighted by Gasteiger charge is -2.18. The topological polar surface area (TPSA) is 71.0 Å². The van der Waals surface area contributed by atoms with Gasteiger partial charge in [-0.3, -0.25) is 0 Å². The monoisotopic (exact) mass is 255 g/mol. The molecule has 0 aliphatic rings. The summed E-state index contributed by atoms with van der Waals surface area (Å²) in [5.41, 5.74) is 0.785. The number of hydrogen-bond donors (Lipinski definition) is 3. The van der Waals surface area contributed by atoms with Crippen LogP contribution in [0.4, 0.5) is 5.69 Å². The summed E-state index contributed by atoms with van der Waals surface area (Å²) in [5, 5.41) is 21.1. The zero-order valence-electron chi connectivity index (χ0n) is 10.8. The molecule has 0 aliphatic heterocycles. The van der Waals surface area contributed by atoms with Crippen molar-refractivity contribution in [1.82, 2.24) is 0 Å². The van der Waals surface area contributed by atoms with Crippen molar-refractivity contribution < 1.29 is 19.7 Å². The van der Waals surface area contributed by atoms with E-state index < -0.39 is 6.10 Å². The first-order valence-corrected chi connectivity index (χ1v) is 5.94. The van der Waals surface area contributed by atoms with Gasteiger partial charge < -0.3 is 25.0 Å². The maximum Gasteiger partial charge on any atom is 0.142 e. The number of aliphatic hydroxyl groups is 2. The summed E-state index contributed by atoms with van der Waals surface area (Å²) in [7, 11) is 1.63. The van der Waals surface area contributed by atoms with Crippen LogP contribution in [0.3, 0.4) is 0 Å². The van der Waals surface area contributed by atoms with Gasteiger partial charge in [-0.2, -0.15) is 0 Å². The van der Waals surface area contributed by atoms with Gasteiger partial charge in [0.25, 0.3) is 0 Å². The second kappa shape index (κ2) is 7.92. The molecule has 18 heavy (non-hydrogen) atoms. The van der Waals surface area contributed by atoms with Crippen molar-refractivity contribution >= 4 is 5.69 Å². The summed E-state index contributed by atoms with van der Waals surface area (Å²) in [6, 6.07) is 7.46. The minimum atomic E-state index is -0.783. The van der Waals surface area contributed by atoms with Gasteiger partial charge in [-0.25, -0.2) is 0 Å². The third kappa shape index (κ3) is 4.91. The maximum absolute atomic E-state index is 9.30. The number of rotatable bonds is 8. The average Bonchev–Trinajstić information content (AvgIpc) is 2.37. The molecule has 2 unspecified atom stereocenters. The molecule has 0 aromatic heterocycles. The Hall–Kier alpha value is -1.30. The third-order valence-corrected chi connectivity index (χ3v) is 2.36. The Morgan fingerprint density at radius 2 is 2.06 bits per heavy atom. The van der Waals surface area contributed by atoms with Crippen molar-refractivity contribution in [2.75, 3.05) is 32.2 Å². The SMILES string of the molecule is COCC(C)Oc1ccccc1NCC(O)CO. The highest BCUT2D eigenvalue weighted by molar-refractivity contribution is 5.56. The third-order valence-electron chi connectivity index (χ3n) is 2.36. The molecular formula is C13H21NO4. The van der Waals surface area contributed by atoms with Gasteiger partial charge in [0, 0.05) is 13.7 Å². The van der Waals surface area contributed by atoms with Gasteiger partial charge in [0.15, 0.2) is 0 Å². The van der Waals surface area contributed by atoms with E-state index in [4.69, 9.17) is 14.6 Å². The molecule has 5 nitrogen and oxygen atoms in total. The van der Waals surface area contributed by atoms with Crippen LogP contribution in [-0.2, 0) is 4.74 Å². The normalized spacial score (nSPS) is 14.0. The lowest BCUT2D eigenvalue weighted by molar-refractivity contribution is 0.0921. The van der Waals surface area contributed by atoms with Gasteiger partial charge in [-0.05, 0) is 19.1 Å². The van der Waals surface area contributed by atoms with Gasteiger partial charge in [0.05, 0.1) is 25.0 Å². The van der Waals surface area contributed by atoms with E-state index in [0.29, 0.717) is 12.4 Å². The Labute approximate surface area is 107 Å². The molecule has 0 amide bonds. The van der Waals surface area contributed by atoms with E-state index in [1.54, 1.807) is 7.11 Å². The number of hydrogen-bond acceptors (Lipinski definition) is 5. The van der Waals surface area contributed by atoms with Gasteiger partial charge in [-0.1, -0.05) is 12.1 Å². The van der Waals surface area contributed by atoms with Crippen LogP contribution in [-0.4, -0.2) is 49.3 Å². The van der Waals surface area contributed by atoms with E-state index in [1.165, 1.54) is 0 Å². The zero-order chi connectivity index (χ0) is 13.4. The van der Waals surface area contributed by atoms with E-state index in [1.807, 2.05) is 31.2 Å². The maximum atomic E-state index is 9.30. The first-order valence-electron chi connectivity index (χ1n) is 5.94. The number of benzene rings is 1. The number of ether oxygens (including phenoxy) is 2. The van der Waals surface area contributed by atoms with Crippen LogP contribution >= 0.6 is 0 Å². The molecule has 1 rings (SSSR count). The van der Waals surface area contributed by atoms with Gasteiger partial charge in [0.2, 0.25) is 0 Å². The Bertz CT molecular complexity index is 346. The van der Waals surface area contributed by atoms with Crippen LogP contribution in [0.15, 0.2) is 24.3 Å². The van der Waals surface area contributed by atoms with Crippen LogP contribution in [0, 0.1) is 0 Å². The van der Waals surface area contributed by atoms with E-state index in [2.05, 4.69) is 5.32 Å². The van der Waals surface area contributed by atoms with Crippen molar-refractivity contribution in [3.63, 3.8) is 0 Å².